The highest BCUT2D eigenvalue weighted by atomic mass is 32.2. The largest absolute Gasteiger partial charge is 0.416 e. The van der Waals surface area contributed by atoms with Crippen molar-refractivity contribution in [3.63, 3.8) is 0 Å². The Labute approximate surface area is 172 Å². The zero-order valence-corrected chi connectivity index (χ0v) is 16.1. The second-order valence-corrected chi connectivity index (χ2v) is 7.40. The molecule has 4 rings (SSSR count). The van der Waals surface area contributed by atoms with Crippen LogP contribution >= 0.6 is 11.8 Å². The summed E-state index contributed by atoms with van der Waals surface area (Å²) in [4.78, 5) is 42.4. The number of carbonyl (C=O) groups is 3. The molecule has 0 saturated carbocycles. The van der Waals surface area contributed by atoms with E-state index in [-0.39, 0.29) is 21.3 Å². The van der Waals surface area contributed by atoms with Crippen LogP contribution in [0.25, 0.3) is 5.57 Å². The van der Waals surface area contributed by atoms with Gasteiger partial charge in [-0.05, 0) is 36.0 Å². The van der Waals surface area contributed by atoms with Crippen LogP contribution in [-0.2, 0) is 20.6 Å². The summed E-state index contributed by atoms with van der Waals surface area (Å²) in [6.07, 6.45) is -4.52. The van der Waals surface area contributed by atoms with Crippen LogP contribution in [0.2, 0.25) is 0 Å². The minimum atomic E-state index is -4.52. The molecular weight excluding hydrogens is 419 g/mol. The van der Waals surface area contributed by atoms with Crippen molar-refractivity contribution in [2.75, 3.05) is 4.90 Å². The first kappa shape index (κ1) is 19.9. The minimum absolute atomic E-state index is 0.00221. The van der Waals surface area contributed by atoms with Crippen molar-refractivity contribution in [1.29, 1.82) is 0 Å². The number of amidine groups is 1. The van der Waals surface area contributed by atoms with E-state index in [1.807, 2.05) is 0 Å². The highest BCUT2D eigenvalue weighted by Gasteiger charge is 2.41. The number of nitrogens with one attached hydrogen (secondary N) is 1. The first-order chi connectivity index (χ1) is 14.2. The molecule has 2 aliphatic rings. The molecule has 3 amide bonds. The summed E-state index contributed by atoms with van der Waals surface area (Å²) in [7, 11) is 0. The maximum absolute atomic E-state index is 12.9. The van der Waals surface area contributed by atoms with Crippen molar-refractivity contribution < 1.29 is 27.6 Å². The Morgan fingerprint density at radius 3 is 2.53 bits per heavy atom. The smallest absolute Gasteiger partial charge is 0.300 e. The molecule has 0 atom stereocenters. The number of imide groups is 1. The van der Waals surface area contributed by atoms with Gasteiger partial charge in [0.25, 0.3) is 11.8 Å². The fourth-order valence-electron chi connectivity index (χ4n) is 3.16. The standard InChI is InChI=1S/C20H12F3N3O3S/c1-10(27)26-14-8-3-2-7-13(14)15(18(26)29)16-17(28)25-19(30-16)24-12-6-4-5-11(9-12)20(21,22)23/h2-9H,1H3,(H,24,25,28)/b16-15+. The van der Waals surface area contributed by atoms with E-state index in [9.17, 15) is 27.6 Å². The predicted octanol–water partition coefficient (Wildman–Crippen LogP) is 3.86. The topological polar surface area (TPSA) is 78.8 Å². The zero-order valence-electron chi connectivity index (χ0n) is 15.3. The molecule has 0 spiro atoms. The van der Waals surface area contributed by atoms with E-state index in [2.05, 4.69) is 10.3 Å². The number of nitrogens with zero attached hydrogens (tertiary/aromatic N) is 2. The van der Waals surface area contributed by atoms with Crippen LogP contribution in [0.5, 0.6) is 0 Å². The molecule has 1 fully saturated rings. The lowest BCUT2D eigenvalue weighted by molar-refractivity contribution is -0.137. The average Bonchev–Trinajstić information content (AvgIpc) is 3.17. The molecule has 1 saturated heterocycles. The summed E-state index contributed by atoms with van der Waals surface area (Å²) in [6, 6.07) is 10.9. The summed E-state index contributed by atoms with van der Waals surface area (Å²) < 4.78 is 38.7. The van der Waals surface area contributed by atoms with E-state index in [4.69, 9.17) is 0 Å². The lowest BCUT2D eigenvalue weighted by Crippen LogP contribution is -2.31. The Morgan fingerprint density at radius 1 is 1.10 bits per heavy atom. The van der Waals surface area contributed by atoms with Gasteiger partial charge in [0.2, 0.25) is 5.91 Å². The van der Waals surface area contributed by atoms with Gasteiger partial charge >= 0.3 is 6.18 Å². The van der Waals surface area contributed by atoms with Gasteiger partial charge in [0.15, 0.2) is 5.17 Å². The summed E-state index contributed by atoms with van der Waals surface area (Å²) in [5.74, 6) is -1.75. The third-order valence-electron chi connectivity index (χ3n) is 4.40. The first-order valence-corrected chi connectivity index (χ1v) is 9.42. The number of thioether (sulfide) groups is 1. The molecule has 0 aliphatic carbocycles. The van der Waals surface area contributed by atoms with Crippen LogP contribution < -0.4 is 10.2 Å². The highest BCUT2D eigenvalue weighted by molar-refractivity contribution is 8.18. The number of rotatable bonds is 1. The third-order valence-corrected chi connectivity index (χ3v) is 5.38. The number of aliphatic imine (C=N–C) groups is 1. The summed E-state index contributed by atoms with van der Waals surface area (Å²) in [5, 5.41) is 2.50. The lowest BCUT2D eigenvalue weighted by atomic mass is 10.1. The van der Waals surface area contributed by atoms with Crippen LogP contribution in [0.4, 0.5) is 24.5 Å². The number of carbonyl (C=O) groups excluding carboxylic acids is 3. The molecule has 2 aromatic rings. The number of hydrogen-bond donors (Lipinski definition) is 1. The minimum Gasteiger partial charge on any atom is -0.300 e. The number of hydrogen-bond acceptors (Lipinski definition) is 5. The predicted molar refractivity (Wildman–Crippen MR) is 106 cm³/mol. The van der Waals surface area contributed by atoms with Gasteiger partial charge in [-0.1, -0.05) is 24.3 Å². The van der Waals surface area contributed by atoms with Crippen LogP contribution in [0.3, 0.4) is 0 Å². The number of halogens is 3. The summed E-state index contributed by atoms with van der Waals surface area (Å²) in [5.41, 5.74) is -0.0148. The molecule has 1 N–H and O–H groups in total. The van der Waals surface area contributed by atoms with Crippen LogP contribution in [0.1, 0.15) is 18.1 Å². The van der Waals surface area contributed by atoms with E-state index < -0.39 is 29.5 Å². The molecule has 30 heavy (non-hydrogen) atoms. The van der Waals surface area contributed by atoms with E-state index in [1.54, 1.807) is 24.3 Å². The molecule has 0 radical (unpaired) electrons. The molecule has 2 heterocycles. The number of fused-ring (bicyclic) bond motifs is 1. The van der Waals surface area contributed by atoms with E-state index in [0.717, 1.165) is 28.8 Å². The fourth-order valence-corrected chi connectivity index (χ4v) is 4.09. The second kappa shape index (κ2) is 7.13. The lowest BCUT2D eigenvalue weighted by Gasteiger charge is -2.11. The fraction of sp³-hybridized carbons (Fsp3) is 0.100. The Balaban J connectivity index is 1.74. The maximum Gasteiger partial charge on any atom is 0.416 e. The van der Waals surface area contributed by atoms with E-state index >= 15 is 0 Å². The second-order valence-electron chi connectivity index (χ2n) is 6.40. The molecule has 2 aromatic carbocycles. The normalized spacial score (nSPS) is 20.0. The van der Waals surface area contributed by atoms with Crippen molar-refractivity contribution in [1.82, 2.24) is 5.32 Å². The third kappa shape index (κ3) is 3.39. The van der Waals surface area contributed by atoms with Crippen LogP contribution in [0.15, 0.2) is 58.4 Å². The summed E-state index contributed by atoms with van der Waals surface area (Å²) in [6.45, 7) is 1.24. The van der Waals surface area contributed by atoms with Crippen LogP contribution in [-0.4, -0.2) is 22.9 Å². The quantitative estimate of drug-likeness (QED) is 0.696. The van der Waals surface area contributed by atoms with Gasteiger partial charge in [-0.25, -0.2) is 9.89 Å². The molecule has 10 heteroatoms. The van der Waals surface area contributed by atoms with Crippen molar-refractivity contribution in [2.45, 2.75) is 13.1 Å². The maximum atomic E-state index is 12.9. The van der Waals surface area contributed by atoms with Crippen LogP contribution in [0, 0.1) is 0 Å². The number of alkyl halides is 3. The van der Waals surface area contributed by atoms with Gasteiger partial charge in [0.1, 0.15) is 0 Å². The van der Waals surface area contributed by atoms with Crippen molar-refractivity contribution in [3.05, 3.63) is 64.6 Å². The molecule has 0 bridgehead atoms. The first-order valence-electron chi connectivity index (χ1n) is 8.60. The van der Waals surface area contributed by atoms with Gasteiger partial charge in [-0.2, -0.15) is 13.2 Å². The molecule has 2 aliphatic heterocycles. The molecular formula is C20H12F3N3O3S. The van der Waals surface area contributed by atoms with Crippen molar-refractivity contribution >= 4 is 51.6 Å². The Kier molecular flexibility index (Phi) is 4.73. The Hall–Kier alpha value is -3.40. The zero-order chi connectivity index (χ0) is 21.6. The number of anilines is 1. The Morgan fingerprint density at radius 2 is 1.83 bits per heavy atom. The molecule has 0 unspecified atom stereocenters. The van der Waals surface area contributed by atoms with Gasteiger partial charge in [0, 0.05) is 12.5 Å². The number of para-hydroxylation sites is 1. The Bertz CT molecular complexity index is 1170. The number of amides is 3. The van der Waals surface area contributed by atoms with Gasteiger partial charge < -0.3 is 5.32 Å². The average molecular weight is 431 g/mol. The molecule has 6 nitrogen and oxygen atoms in total. The highest BCUT2D eigenvalue weighted by Crippen LogP contribution is 2.43. The van der Waals surface area contributed by atoms with Gasteiger partial charge in [0.05, 0.1) is 27.4 Å². The van der Waals surface area contributed by atoms with E-state index in [1.165, 1.54) is 19.1 Å². The number of benzene rings is 2. The van der Waals surface area contributed by atoms with Gasteiger partial charge in [-0.3, -0.25) is 14.4 Å². The van der Waals surface area contributed by atoms with Crippen molar-refractivity contribution in [3.8, 4) is 0 Å². The summed E-state index contributed by atoms with van der Waals surface area (Å²) >= 11 is 0.834. The molecule has 152 valence electrons. The van der Waals surface area contributed by atoms with E-state index in [0.29, 0.717) is 11.3 Å². The van der Waals surface area contributed by atoms with Crippen molar-refractivity contribution in [2.24, 2.45) is 4.99 Å². The van der Waals surface area contributed by atoms with Gasteiger partial charge in [-0.15, -0.1) is 0 Å². The SMILES string of the molecule is CC(=O)N1C(=O)/C(=C2/SC(=Nc3cccc(C(F)(F)F)c3)NC2=O)c2ccccc21. The monoisotopic (exact) mass is 431 g/mol. The molecule has 0 aromatic heterocycles.